The maximum absolute atomic E-state index is 10.0. The van der Waals surface area contributed by atoms with Gasteiger partial charge >= 0.3 is 0 Å². The molecule has 3 aromatic rings. The SMILES string of the molecule is CNC[C@@H](O)COc1ccc(Cl)c(-c2nc(N[C@H]3C[C@@H](C)O[C@@H](C)C3)c(C)c(-c3c(C)noc3C)n2)c1. The van der Waals surface area contributed by atoms with Crippen molar-refractivity contribution < 1.29 is 19.1 Å². The van der Waals surface area contributed by atoms with Gasteiger partial charge in [-0.05, 0) is 72.7 Å². The van der Waals surface area contributed by atoms with Crippen LogP contribution in [-0.2, 0) is 4.74 Å². The van der Waals surface area contributed by atoms with E-state index in [1.807, 2.05) is 20.8 Å². The molecule has 9 nitrogen and oxygen atoms in total. The number of ether oxygens (including phenoxy) is 2. The number of halogens is 1. The molecule has 10 heteroatoms. The first-order valence-corrected chi connectivity index (χ1v) is 13.0. The first-order chi connectivity index (χ1) is 17.7. The first-order valence-electron chi connectivity index (χ1n) is 12.7. The fourth-order valence-corrected chi connectivity index (χ4v) is 5.01. The molecule has 1 saturated heterocycles. The molecule has 0 aliphatic carbocycles. The molecule has 1 aliphatic heterocycles. The van der Waals surface area contributed by atoms with E-state index < -0.39 is 6.10 Å². The molecule has 37 heavy (non-hydrogen) atoms. The highest BCUT2D eigenvalue weighted by Crippen LogP contribution is 2.36. The van der Waals surface area contributed by atoms with Crippen LogP contribution < -0.4 is 15.4 Å². The van der Waals surface area contributed by atoms with Crippen LogP contribution in [0.25, 0.3) is 22.6 Å². The van der Waals surface area contributed by atoms with E-state index in [0.29, 0.717) is 34.5 Å². The summed E-state index contributed by atoms with van der Waals surface area (Å²) in [7, 11) is 1.78. The Morgan fingerprint density at radius 1 is 1.16 bits per heavy atom. The lowest BCUT2D eigenvalue weighted by Gasteiger charge is -2.33. The Labute approximate surface area is 222 Å². The van der Waals surface area contributed by atoms with Gasteiger partial charge in [0, 0.05) is 23.7 Å². The van der Waals surface area contributed by atoms with E-state index >= 15 is 0 Å². The fourth-order valence-electron chi connectivity index (χ4n) is 4.81. The van der Waals surface area contributed by atoms with Gasteiger partial charge in [0.25, 0.3) is 0 Å². The average Bonchev–Trinajstić information content (AvgIpc) is 3.17. The van der Waals surface area contributed by atoms with Crippen molar-refractivity contribution in [1.29, 1.82) is 0 Å². The molecule has 3 heterocycles. The number of aliphatic hydroxyl groups is 1. The standard InChI is InChI=1S/C27H36ClN5O4/c1-14-9-19(10-15(2)36-14)30-26-16(3)25(24-17(4)33-37-18(24)5)31-27(32-26)22-11-21(7-8-23(22)28)35-13-20(34)12-29-6/h7-8,11,14-15,19-20,29,34H,9-10,12-13H2,1-6H3,(H,30,31,32)/t14-,15+,19+,20-/m1/s1. The smallest absolute Gasteiger partial charge is 0.163 e. The van der Waals surface area contributed by atoms with Crippen molar-refractivity contribution in [3.05, 3.63) is 40.2 Å². The third-order valence-electron chi connectivity index (χ3n) is 6.52. The molecule has 1 aromatic carbocycles. The number of anilines is 1. The van der Waals surface area contributed by atoms with Crippen molar-refractivity contribution in [3.63, 3.8) is 0 Å². The van der Waals surface area contributed by atoms with E-state index in [-0.39, 0.29) is 24.9 Å². The van der Waals surface area contributed by atoms with E-state index in [1.54, 1.807) is 25.2 Å². The summed E-state index contributed by atoms with van der Waals surface area (Å²) >= 11 is 6.64. The molecule has 1 aliphatic rings. The molecular formula is C27H36ClN5O4. The van der Waals surface area contributed by atoms with Crippen LogP contribution in [0.5, 0.6) is 5.75 Å². The third-order valence-corrected chi connectivity index (χ3v) is 6.84. The summed E-state index contributed by atoms with van der Waals surface area (Å²) < 4.78 is 17.2. The summed E-state index contributed by atoms with van der Waals surface area (Å²) in [6.07, 6.45) is 1.44. The normalized spacial score (nSPS) is 20.6. The number of rotatable bonds is 9. The summed E-state index contributed by atoms with van der Waals surface area (Å²) in [6.45, 7) is 10.6. The number of hydrogen-bond acceptors (Lipinski definition) is 9. The van der Waals surface area contributed by atoms with Crippen LogP contribution in [0.4, 0.5) is 5.82 Å². The molecule has 4 atom stereocenters. The lowest BCUT2D eigenvalue weighted by Crippen LogP contribution is -2.37. The molecule has 3 N–H and O–H groups in total. The molecule has 0 amide bonds. The van der Waals surface area contributed by atoms with Gasteiger partial charge in [-0.25, -0.2) is 9.97 Å². The number of aromatic nitrogens is 3. The number of benzene rings is 1. The van der Waals surface area contributed by atoms with Crippen LogP contribution in [0.15, 0.2) is 22.7 Å². The van der Waals surface area contributed by atoms with Gasteiger partial charge in [-0.2, -0.15) is 0 Å². The van der Waals surface area contributed by atoms with Gasteiger partial charge in [-0.3, -0.25) is 0 Å². The van der Waals surface area contributed by atoms with Crippen LogP contribution in [0.3, 0.4) is 0 Å². The van der Waals surface area contributed by atoms with Crippen LogP contribution >= 0.6 is 11.6 Å². The molecule has 1 fully saturated rings. The van der Waals surface area contributed by atoms with E-state index in [1.165, 1.54) is 0 Å². The average molecular weight is 530 g/mol. The molecule has 0 unspecified atom stereocenters. The van der Waals surface area contributed by atoms with E-state index in [2.05, 4.69) is 29.6 Å². The molecule has 0 saturated carbocycles. The van der Waals surface area contributed by atoms with Gasteiger partial charge in [-0.1, -0.05) is 16.8 Å². The second-order valence-corrected chi connectivity index (χ2v) is 10.2. The Bertz CT molecular complexity index is 1200. The van der Waals surface area contributed by atoms with E-state index in [4.69, 9.17) is 35.6 Å². The van der Waals surface area contributed by atoms with E-state index in [0.717, 1.165) is 41.2 Å². The summed E-state index contributed by atoms with van der Waals surface area (Å²) in [5.74, 6) is 2.45. The van der Waals surface area contributed by atoms with Gasteiger partial charge in [0.1, 0.15) is 30.0 Å². The third kappa shape index (κ3) is 6.41. The lowest BCUT2D eigenvalue weighted by molar-refractivity contribution is -0.0338. The van der Waals surface area contributed by atoms with E-state index in [9.17, 15) is 5.11 Å². The zero-order valence-corrected chi connectivity index (χ0v) is 23.0. The van der Waals surface area contributed by atoms with Gasteiger partial charge in [-0.15, -0.1) is 0 Å². The zero-order chi connectivity index (χ0) is 26.7. The Kier molecular flexibility index (Phi) is 8.69. The monoisotopic (exact) mass is 529 g/mol. The topological polar surface area (TPSA) is 115 Å². The van der Waals surface area contributed by atoms with Crippen molar-refractivity contribution in [2.24, 2.45) is 0 Å². The van der Waals surface area contributed by atoms with Crippen LogP contribution in [0.1, 0.15) is 43.7 Å². The molecule has 200 valence electrons. The van der Waals surface area contributed by atoms with Crippen LogP contribution in [-0.4, -0.2) is 64.8 Å². The van der Waals surface area contributed by atoms with Crippen molar-refractivity contribution in [3.8, 4) is 28.4 Å². The highest BCUT2D eigenvalue weighted by atomic mass is 35.5. The lowest BCUT2D eigenvalue weighted by atomic mass is 9.99. The number of nitrogens with zero attached hydrogens (tertiary/aromatic N) is 3. The van der Waals surface area contributed by atoms with Crippen molar-refractivity contribution in [1.82, 2.24) is 20.4 Å². The zero-order valence-electron chi connectivity index (χ0n) is 22.3. The molecule has 4 rings (SSSR count). The fraction of sp³-hybridized carbons (Fsp3) is 0.519. The second-order valence-electron chi connectivity index (χ2n) is 9.80. The quantitative estimate of drug-likeness (QED) is 0.362. The van der Waals surface area contributed by atoms with Gasteiger partial charge in [0.2, 0.25) is 0 Å². The Morgan fingerprint density at radius 3 is 2.54 bits per heavy atom. The van der Waals surface area contributed by atoms with Gasteiger partial charge < -0.3 is 29.7 Å². The predicted molar refractivity (Wildman–Crippen MR) is 144 cm³/mol. The van der Waals surface area contributed by atoms with Crippen molar-refractivity contribution >= 4 is 17.4 Å². The molecular weight excluding hydrogens is 494 g/mol. The van der Waals surface area contributed by atoms with Gasteiger partial charge in [0.05, 0.1) is 34.2 Å². The Morgan fingerprint density at radius 2 is 1.89 bits per heavy atom. The minimum Gasteiger partial charge on any atom is -0.491 e. The number of aliphatic hydroxyl groups excluding tert-OH is 1. The largest absolute Gasteiger partial charge is 0.491 e. The maximum atomic E-state index is 10.0. The Hall–Kier alpha value is -2.72. The Balaban J connectivity index is 1.76. The van der Waals surface area contributed by atoms with Crippen molar-refractivity contribution in [2.75, 3.05) is 25.5 Å². The van der Waals surface area contributed by atoms with Gasteiger partial charge in [0.15, 0.2) is 5.82 Å². The summed E-state index contributed by atoms with van der Waals surface area (Å²) in [4.78, 5) is 9.87. The molecule has 0 spiro atoms. The molecule has 2 aromatic heterocycles. The molecule has 0 bridgehead atoms. The summed E-state index contributed by atoms with van der Waals surface area (Å²) in [5.41, 5.74) is 3.88. The number of likely N-dealkylation sites (N-methyl/N-ethyl adjacent to an activating group) is 1. The summed E-state index contributed by atoms with van der Waals surface area (Å²) in [6, 6.07) is 5.53. The maximum Gasteiger partial charge on any atom is 0.163 e. The van der Waals surface area contributed by atoms with Crippen LogP contribution in [0, 0.1) is 20.8 Å². The highest BCUT2D eigenvalue weighted by molar-refractivity contribution is 6.33. The van der Waals surface area contributed by atoms with Crippen molar-refractivity contribution in [2.45, 2.75) is 71.8 Å². The minimum absolute atomic E-state index is 0.147. The highest BCUT2D eigenvalue weighted by Gasteiger charge is 2.27. The predicted octanol–water partition coefficient (Wildman–Crippen LogP) is 4.70. The minimum atomic E-state index is -0.633. The molecule has 0 radical (unpaired) electrons. The number of nitrogens with one attached hydrogen (secondary N) is 2. The number of hydrogen-bond donors (Lipinski definition) is 3. The second kappa shape index (κ2) is 11.8. The van der Waals surface area contributed by atoms with Crippen LogP contribution in [0.2, 0.25) is 5.02 Å². The summed E-state index contributed by atoms with van der Waals surface area (Å²) in [5, 5.41) is 21.3. The first kappa shape index (κ1) is 27.3. The number of aryl methyl sites for hydroxylation is 2.